The van der Waals surface area contributed by atoms with Crippen molar-refractivity contribution in [3.8, 4) is 0 Å². The van der Waals surface area contributed by atoms with Gasteiger partial charge in [0.1, 0.15) is 10.6 Å². The van der Waals surface area contributed by atoms with E-state index in [0.29, 0.717) is 12.2 Å². The van der Waals surface area contributed by atoms with E-state index < -0.39 is 26.8 Å². The zero-order valence-corrected chi connectivity index (χ0v) is 11.3. The van der Waals surface area contributed by atoms with E-state index in [0.717, 1.165) is 12.3 Å². The maximum atomic E-state index is 11.7. The SMILES string of the molecule is CS(=O)CCCNS(=O)(=O)c1c[nH]c(C(=O)O)c1. The van der Waals surface area contributed by atoms with Crippen molar-refractivity contribution in [3.63, 3.8) is 0 Å². The van der Waals surface area contributed by atoms with Gasteiger partial charge in [-0.25, -0.2) is 17.9 Å². The lowest BCUT2D eigenvalue weighted by Gasteiger charge is -2.03. The molecule has 0 radical (unpaired) electrons. The van der Waals surface area contributed by atoms with Gasteiger partial charge in [-0.05, 0) is 12.5 Å². The number of hydrogen-bond acceptors (Lipinski definition) is 4. The zero-order chi connectivity index (χ0) is 13.8. The standard InChI is InChI=1S/C9H14N2O5S2/c1-17(14)4-2-3-11-18(15,16)7-5-8(9(12)13)10-6-7/h5-6,10-11H,2-4H2,1H3,(H,12,13). The highest BCUT2D eigenvalue weighted by atomic mass is 32.2. The second-order valence-electron chi connectivity index (χ2n) is 3.58. The number of carboxylic acid groups (broad SMARTS) is 1. The Hall–Kier alpha value is -1.19. The molecule has 0 fully saturated rings. The number of aromatic amines is 1. The minimum absolute atomic E-state index is 0.127. The molecule has 102 valence electrons. The Morgan fingerprint density at radius 1 is 1.56 bits per heavy atom. The van der Waals surface area contributed by atoms with Crippen molar-refractivity contribution >= 4 is 26.8 Å². The topological polar surface area (TPSA) is 116 Å². The van der Waals surface area contributed by atoms with Crippen LogP contribution >= 0.6 is 0 Å². The van der Waals surface area contributed by atoms with Crippen molar-refractivity contribution in [2.75, 3.05) is 18.6 Å². The molecule has 7 nitrogen and oxygen atoms in total. The minimum atomic E-state index is -3.71. The third kappa shape index (κ3) is 4.24. The average Bonchev–Trinajstić information content (AvgIpc) is 2.74. The van der Waals surface area contributed by atoms with E-state index in [9.17, 15) is 17.4 Å². The molecule has 1 atom stereocenters. The Labute approximate surface area is 107 Å². The van der Waals surface area contributed by atoms with Gasteiger partial charge in [-0.1, -0.05) is 0 Å². The van der Waals surface area contributed by atoms with Gasteiger partial charge in [0.15, 0.2) is 0 Å². The molecule has 1 unspecified atom stereocenters. The van der Waals surface area contributed by atoms with E-state index in [1.165, 1.54) is 0 Å². The smallest absolute Gasteiger partial charge is 0.352 e. The molecule has 3 N–H and O–H groups in total. The predicted molar refractivity (Wildman–Crippen MR) is 66.5 cm³/mol. The molecule has 1 aromatic heterocycles. The Morgan fingerprint density at radius 2 is 2.22 bits per heavy atom. The summed E-state index contributed by atoms with van der Waals surface area (Å²) in [6.07, 6.45) is 3.11. The van der Waals surface area contributed by atoms with E-state index in [-0.39, 0.29) is 17.1 Å². The Bertz CT molecular complexity index is 549. The lowest BCUT2D eigenvalue weighted by molar-refractivity contribution is 0.0691. The quantitative estimate of drug-likeness (QED) is 0.600. The van der Waals surface area contributed by atoms with Gasteiger partial charge in [-0.3, -0.25) is 4.21 Å². The summed E-state index contributed by atoms with van der Waals surface area (Å²) in [5.41, 5.74) is -0.190. The molecular weight excluding hydrogens is 280 g/mol. The molecule has 0 aromatic carbocycles. The van der Waals surface area contributed by atoms with Crippen LogP contribution in [0.1, 0.15) is 16.9 Å². The number of aromatic nitrogens is 1. The summed E-state index contributed by atoms with van der Waals surface area (Å²) in [4.78, 5) is 12.8. The maximum Gasteiger partial charge on any atom is 0.352 e. The second-order valence-corrected chi connectivity index (χ2v) is 6.90. The summed E-state index contributed by atoms with van der Waals surface area (Å²) in [5.74, 6) is -0.812. The molecule has 9 heteroatoms. The molecule has 18 heavy (non-hydrogen) atoms. The normalized spacial score (nSPS) is 13.4. The van der Waals surface area contributed by atoms with Crippen LogP contribution in [-0.2, 0) is 20.8 Å². The molecule has 0 amide bonds. The number of sulfonamides is 1. The molecule has 0 aliphatic carbocycles. The van der Waals surface area contributed by atoms with Crippen molar-refractivity contribution in [1.82, 2.24) is 9.71 Å². The first-order chi connectivity index (χ1) is 8.33. The average molecular weight is 294 g/mol. The summed E-state index contributed by atoms with van der Waals surface area (Å²) in [7, 11) is -4.67. The van der Waals surface area contributed by atoms with Crippen molar-refractivity contribution in [3.05, 3.63) is 18.0 Å². The van der Waals surface area contributed by atoms with Crippen LogP contribution < -0.4 is 4.72 Å². The molecule has 0 saturated heterocycles. The largest absolute Gasteiger partial charge is 0.477 e. The van der Waals surface area contributed by atoms with Gasteiger partial charge >= 0.3 is 5.97 Å². The highest BCUT2D eigenvalue weighted by Gasteiger charge is 2.17. The van der Waals surface area contributed by atoms with Crippen LogP contribution in [0.3, 0.4) is 0 Å². The van der Waals surface area contributed by atoms with Crippen molar-refractivity contribution in [2.45, 2.75) is 11.3 Å². The van der Waals surface area contributed by atoms with E-state index in [2.05, 4.69) is 9.71 Å². The molecule has 0 spiro atoms. The fraction of sp³-hybridized carbons (Fsp3) is 0.444. The van der Waals surface area contributed by atoms with E-state index >= 15 is 0 Å². The third-order valence-electron chi connectivity index (χ3n) is 2.10. The number of aromatic carboxylic acids is 1. The first-order valence-electron chi connectivity index (χ1n) is 5.04. The summed E-state index contributed by atoms with van der Waals surface area (Å²) < 4.78 is 36.5. The number of carbonyl (C=O) groups is 1. The highest BCUT2D eigenvalue weighted by Crippen LogP contribution is 2.10. The molecule has 0 saturated carbocycles. The molecule has 0 bridgehead atoms. The van der Waals surface area contributed by atoms with Crippen LogP contribution in [-0.4, -0.2) is 47.2 Å². The first-order valence-corrected chi connectivity index (χ1v) is 8.25. The third-order valence-corrected chi connectivity index (χ3v) is 4.40. The number of rotatable bonds is 7. The molecule has 1 rings (SSSR count). The maximum absolute atomic E-state index is 11.7. The van der Waals surface area contributed by atoms with E-state index in [1.807, 2.05) is 0 Å². The monoisotopic (exact) mass is 294 g/mol. The second kappa shape index (κ2) is 6.12. The highest BCUT2D eigenvalue weighted by molar-refractivity contribution is 7.89. The summed E-state index contributed by atoms with van der Waals surface area (Å²) in [6, 6.07) is 1.04. The van der Waals surface area contributed by atoms with Crippen LogP contribution in [0.2, 0.25) is 0 Å². The van der Waals surface area contributed by atoms with Crippen LogP contribution in [0.25, 0.3) is 0 Å². The van der Waals surface area contributed by atoms with Gasteiger partial charge < -0.3 is 10.1 Å². The lowest BCUT2D eigenvalue weighted by Crippen LogP contribution is -2.25. The van der Waals surface area contributed by atoms with Gasteiger partial charge in [-0.15, -0.1) is 0 Å². The summed E-state index contributed by atoms with van der Waals surface area (Å²) >= 11 is 0. The van der Waals surface area contributed by atoms with Gasteiger partial charge in [0.25, 0.3) is 0 Å². The predicted octanol–water partition coefficient (Wildman–Crippen LogP) is -0.240. The van der Waals surface area contributed by atoms with Gasteiger partial charge in [0.05, 0.1) is 0 Å². The van der Waals surface area contributed by atoms with Crippen LogP contribution in [0.5, 0.6) is 0 Å². The van der Waals surface area contributed by atoms with Gasteiger partial charge in [-0.2, -0.15) is 0 Å². The molecular formula is C9H14N2O5S2. The number of hydrogen-bond donors (Lipinski definition) is 3. The van der Waals surface area contributed by atoms with Crippen molar-refractivity contribution < 1.29 is 22.5 Å². The molecule has 1 aromatic rings. The minimum Gasteiger partial charge on any atom is -0.477 e. The Morgan fingerprint density at radius 3 is 2.72 bits per heavy atom. The van der Waals surface area contributed by atoms with Crippen LogP contribution in [0, 0.1) is 0 Å². The Kier molecular flexibility index (Phi) is 5.05. The molecule has 1 heterocycles. The first kappa shape index (κ1) is 14.9. The molecule has 0 aliphatic rings. The summed E-state index contributed by atoms with van der Waals surface area (Å²) in [6.45, 7) is 0.162. The summed E-state index contributed by atoms with van der Waals surface area (Å²) in [5, 5.41) is 8.66. The van der Waals surface area contributed by atoms with Gasteiger partial charge in [0.2, 0.25) is 10.0 Å². The lowest BCUT2D eigenvalue weighted by atomic mass is 10.4. The zero-order valence-electron chi connectivity index (χ0n) is 9.67. The number of H-pyrrole nitrogens is 1. The number of carboxylic acids is 1. The Balaban J connectivity index is 2.62. The van der Waals surface area contributed by atoms with Crippen molar-refractivity contribution in [1.29, 1.82) is 0 Å². The fourth-order valence-corrected chi connectivity index (χ4v) is 2.84. The molecule has 0 aliphatic heterocycles. The fourth-order valence-electron chi connectivity index (χ4n) is 1.22. The number of nitrogens with one attached hydrogen (secondary N) is 2. The van der Waals surface area contributed by atoms with Crippen LogP contribution in [0.15, 0.2) is 17.2 Å². The van der Waals surface area contributed by atoms with Gasteiger partial charge in [0, 0.05) is 35.5 Å². The van der Waals surface area contributed by atoms with Crippen molar-refractivity contribution in [2.24, 2.45) is 0 Å². The van der Waals surface area contributed by atoms with E-state index in [4.69, 9.17) is 5.11 Å². The van der Waals surface area contributed by atoms with Crippen LogP contribution in [0.4, 0.5) is 0 Å². The van der Waals surface area contributed by atoms with E-state index in [1.54, 1.807) is 6.26 Å².